The molecule has 0 unspecified atom stereocenters. The summed E-state index contributed by atoms with van der Waals surface area (Å²) in [6.45, 7) is 7.95. The van der Waals surface area contributed by atoms with Gasteiger partial charge in [0.2, 0.25) is 17.7 Å². The lowest BCUT2D eigenvalue weighted by molar-refractivity contribution is -0.124. The number of anilines is 1. The van der Waals surface area contributed by atoms with Crippen molar-refractivity contribution in [2.75, 3.05) is 5.32 Å². The number of fused-ring (bicyclic) bond motifs is 4. The molecule has 194 valence electrons. The standard InChI is InChI=1S/C29H29N5O4/c1-14-13-36-25(31-14)21-23-29-16-7-5-6-8-19(16)32-27(29)37-20-10-9-15(11-17(20)29)12-18(30)24(35)34-22(28(2,3)4)26(33-21)38-23/h5-11,13,18,22,27,32H,12,30H2,1-4H3,(H,34,35)/t18-,22+,27+,29-/m0/s1. The first-order valence-electron chi connectivity index (χ1n) is 12.8. The van der Waals surface area contributed by atoms with Crippen molar-refractivity contribution in [3.8, 4) is 17.3 Å². The molecule has 2 aromatic heterocycles. The Hall–Kier alpha value is -4.11. The highest BCUT2D eigenvalue weighted by Crippen LogP contribution is 2.59. The minimum Gasteiger partial charge on any atom is -0.469 e. The first kappa shape index (κ1) is 23.0. The van der Waals surface area contributed by atoms with Gasteiger partial charge in [-0.15, -0.1) is 0 Å². The molecular formula is C29H29N5O4. The SMILES string of the molecule is Cc1coc(-c2nc3oc2[C@@]24c5ccccc5N[C@@H]2Oc2ccc(cc24)C[C@H](N)C(=O)N[C@H]3C(C)(C)C)n1. The molecular weight excluding hydrogens is 482 g/mol. The Kier molecular flexibility index (Phi) is 4.67. The molecule has 4 atom stereocenters. The van der Waals surface area contributed by atoms with Crippen LogP contribution in [0.1, 0.15) is 60.8 Å². The average molecular weight is 512 g/mol. The molecule has 9 heteroatoms. The van der Waals surface area contributed by atoms with Crippen LogP contribution >= 0.6 is 0 Å². The minimum absolute atomic E-state index is 0.268. The zero-order valence-corrected chi connectivity index (χ0v) is 21.7. The maximum Gasteiger partial charge on any atom is 0.249 e. The molecule has 0 saturated heterocycles. The van der Waals surface area contributed by atoms with Crippen molar-refractivity contribution in [3.05, 3.63) is 82.8 Å². The summed E-state index contributed by atoms with van der Waals surface area (Å²) in [6, 6.07) is 12.8. The number of oxazole rings is 2. The summed E-state index contributed by atoms with van der Waals surface area (Å²) in [5.74, 6) is 1.73. The highest BCUT2D eigenvalue weighted by molar-refractivity contribution is 5.82. The fraction of sp³-hybridized carbons (Fsp3) is 0.345. The predicted molar refractivity (Wildman–Crippen MR) is 140 cm³/mol. The maximum absolute atomic E-state index is 13.3. The highest BCUT2D eigenvalue weighted by Gasteiger charge is 2.61. The molecule has 2 aromatic carbocycles. The van der Waals surface area contributed by atoms with Crippen LogP contribution in [0.4, 0.5) is 5.69 Å². The van der Waals surface area contributed by atoms with Gasteiger partial charge in [0.05, 0.1) is 11.7 Å². The van der Waals surface area contributed by atoms with Crippen LogP contribution in [0.15, 0.2) is 57.6 Å². The fourth-order valence-electron chi connectivity index (χ4n) is 5.93. The molecule has 3 aliphatic rings. The van der Waals surface area contributed by atoms with Crippen molar-refractivity contribution >= 4 is 11.6 Å². The van der Waals surface area contributed by atoms with Crippen LogP contribution in [0.25, 0.3) is 11.6 Å². The van der Waals surface area contributed by atoms with Gasteiger partial charge in [-0.1, -0.05) is 51.1 Å². The van der Waals surface area contributed by atoms with Gasteiger partial charge in [-0.3, -0.25) is 4.79 Å². The molecule has 1 amide bonds. The Balaban J connectivity index is 1.60. The van der Waals surface area contributed by atoms with Crippen LogP contribution in [0, 0.1) is 12.3 Å². The van der Waals surface area contributed by atoms with Gasteiger partial charge in [0.15, 0.2) is 17.7 Å². The monoisotopic (exact) mass is 511 g/mol. The van der Waals surface area contributed by atoms with Gasteiger partial charge in [-0.05, 0) is 42.0 Å². The van der Waals surface area contributed by atoms with E-state index in [0.29, 0.717) is 29.7 Å². The Morgan fingerprint density at radius 2 is 1.89 bits per heavy atom. The number of nitrogens with one attached hydrogen (secondary N) is 2. The molecule has 4 bridgehead atoms. The van der Waals surface area contributed by atoms with Crippen molar-refractivity contribution in [3.63, 3.8) is 0 Å². The number of amides is 1. The number of aromatic nitrogens is 2. The fourth-order valence-corrected chi connectivity index (χ4v) is 5.93. The van der Waals surface area contributed by atoms with Crippen molar-refractivity contribution in [1.82, 2.24) is 15.3 Å². The number of hydrogen-bond donors (Lipinski definition) is 3. The molecule has 38 heavy (non-hydrogen) atoms. The number of carbonyl (C=O) groups excluding carboxylic acids is 1. The van der Waals surface area contributed by atoms with Gasteiger partial charge in [0, 0.05) is 11.3 Å². The summed E-state index contributed by atoms with van der Waals surface area (Å²) < 4.78 is 19.2. The lowest BCUT2D eigenvalue weighted by Crippen LogP contribution is -2.46. The van der Waals surface area contributed by atoms with E-state index in [1.807, 2.05) is 58.0 Å². The second kappa shape index (κ2) is 7.70. The van der Waals surface area contributed by atoms with E-state index in [2.05, 4.69) is 27.8 Å². The molecule has 7 rings (SSSR count). The van der Waals surface area contributed by atoms with Gasteiger partial charge in [-0.25, -0.2) is 9.97 Å². The number of para-hydroxylation sites is 1. The number of benzene rings is 2. The summed E-state index contributed by atoms with van der Waals surface area (Å²) >= 11 is 0. The lowest BCUT2D eigenvalue weighted by Gasteiger charge is -2.31. The number of nitrogens with zero attached hydrogens (tertiary/aromatic N) is 2. The van der Waals surface area contributed by atoms with Crippen LogP contribution in [0.3, 0.4) is 0 Å². The zero-order chi connectivity index (χ0) is 26.4. The van der Waals surface area contributed by atoms with Crippen LogP contribution in [-0.4, -0.2) is 28.1 Å². The first-order valence-corrected chi connectivity index (χ1v) is 12.8. The van der Waals surface area contributed by atoms with E-state index in [-0.39, 0.29) is 5.91 Å². The van der Waals surface area contributed by atoms with Crippen LogP contribution in [-0.2, 0) is 16.6 Å². The highest BCUT2D eigenvalue weighted by atomic mass is 16.5. The van der Waals surface area contributed by atoms with Gasteiger partial charge < -0.3 is 29.9 Å². The van der Waals surface area contributed by atoms with Crippen molar-refractivity contribution in [2.45, 2.75) is 57.8 Å². The second-order valence-corrected chi connectivity index (χ2v) is 11.5. The van der Waals surface area contributed by atoms with E-state index in [1.165, 1.54) is 0 Å². The van der Waals surface area contributed by atoms with E-state index in [0.717, 1.165) is 33.8 Å². The predicted octanol–water partition coefficient (Wildman–Crippen LogP) is 4.20. The third-order valence-electron chi connectivity index (χ3n) is 7.76. The Morgan fingerprint density at radius 3 is 2.66 bits per heavy atom. The third kappa shape index (κ3) is 3.11. The molecule has 0 radical (unpaired) electrons. The number of hydrogen-bond acceptors (Lipinski definition) is 8. The summed E-state index contributed by atoms with van der Waals surface area (Å²) in [7, 11) is 0. The molecule has 5 heterocycles. The third-order valence-corrected chi connectivity index (χ3v) is 7.76. The normalized spacial score (nSPS) is 25.4. The molecule has 0 fully saturated rings. The number of carbonyl (C=O) groups is 1. The van der Waals surface area contributed by atoms with Crippen LogP contribution in [0.5, 0.6) is 5.75 Å². The summed E-state index contributed by atoms with van der Waals surface area (Å²) in [5.41, 5.74) is 10.1. The lowest BCUT2D eigenvalue weighted by atomic mass is 9.72. The van der Waals surface area contributed by atoms with Gasteiger partial charge >= 0.3 is 0 Å². The number of rotatable bonds is 1. The molecule has 1 spiro atoms. The van der Waals surface area contributed by atoms with E-state index in [1.54, 1.807) is 6.26 Å². The summed E-state index contributed by atoms with van der Waals surface area (Å²) in [6.07, 6.45) is 1.49. The molecule has 3 aliphatic heterocycles. The van der Waals surface area contributed by atoms with Crippen molar-refractivity contribution < 1.29 is 18.4 Å². The van der Waals surface area contributed by atoms with Crippen LogP contribution < -0.4 is 21.1 Å². The second-order valence-electron chi connectivity index (χ2n) is 11.5. The number of aryl methyl sites for hydroxylation is 1. The van der Waals surface area contributed by atoms with E-state index < -0.39 is 29.1 Å². The van der Waals surface area contributed by atoms with Gasteiger partial charge in [0.25, 0.3) is 0 Å². The van der Waals surface area contributed by atoms with Crippen molar-refractivity contribution in [2.24, 2.45) is 11.1 Å². The molecule has 4 N–H and O–H groups in total. The topological polar surface area (TPSA) is 128 Å². The summed E-state index contributed by atoms with van der Waals surface area (Å²) in [5, 5.41) is 6.68. The van der Waals surface area contributed by atoms with E-state index in [4.69, 9.17) is 24.3 Å². The van der Waals surface area contributed by atoms with Crippen molar-refractivity contribution in [1.29, 1.82) is 0 Å². The zero-order valence-electron chi connectivity index (χ0n) is 21.7. The number of ether oxygens (including phenoxy) is 1. The average Bonchev–Trinajstić information content (AvgIpc) is 3.62. The van der Waals surface area contributed by atoms with E-state index >= 15 is 0 Å². The Bertz CT molecular complexity index is 1600. The first-order chi connectivity index (χ1) is 18.2. The molecule has 0 aliphatic carbocycles. The Morgan fingerprint density at radius 1 is 1.08 bits per heavy atom. The van der Waals surface area contributed by atoms with E-state index in [9.17, 15) is 4.79 Å². The minimum atomic E-state index is -0.874. The summed E-state index contributed by atoms with van der Waals surface area (Å²) in [4.78, 5) is 22.9. The van der Waals surface area contributed by atoms with Gasteiger partial charge in [0.1, 0.15) is 23.5 Å². The molecule has 4 aromatic rings. The largest absolute Gasteiger partial charge is 0.469 e. The van der Waals surface area contributed by atoms with Gasteiger partial charge in [-0.2, -0.15) is 0 Å². The molecule has 0 saturated carbocycles. The van der Waals surface area contributed by atoms with Crippen LogP contribution in [0.2, 0.25) is 0 Å². The smallest absolute Gasteiger partial charge is 0.249 e. The maximum atomic E-state index is 13.3. The Labute approximate surface area is 219 Å². The molecule has 9 nitrogen and oxygen atoms in total. The number of nitrogens with two attached hydrogens (primary N) is 1. The quantitative estimate of drug-likeness (QED) is 0.347.